The Morgan fingerprint density at radius 1 is 1.38 bits per heavy atom. The van der Waals surface area contributed by atoms with E-state index in [9.17, 15) is 0 Å². The van der Waals surface area contributed by atoms with E-state index >= 15 is 0 Å². The average molecular weight is 196 g/mol. The zero-order valence-corrected chi connectivity index (χ0v) is 9.59. The zero-order chi connectivity index (χ0) is 9.73. The zero-order valence-electron chi connectivity index (χ0n) is 8.59. The standard InChI is InChI=1S/C11H20OSi/c1-4-13(3,5-2)9-7-6-8-11-10-12-11/h4-5,11H,1-2,6-10H2,3H3. The van der Waals surface area contributed by atoms with Crippen LogP contribution in [0.5, 0.6) is 0 Å². The Bertz CT molecular complexity index is 177. The van der Waals surface area contributed by atoms with Crippen LogP contribution in [0.4, 0.5) is 0 Å². The van der Waals surface area contributed by atoms with Gasteiger partial charge in [-0.05, 0) is 6.42 Å². The molecule has 0 aliphatic carbocycles. The van der Waals surface area contributed by atoms with E-state index in [-0.39, 0.29) is 0 Å². The van der Waals surface area contributed by atoms with Gasteiger partial charge in [0.15, 0.2) is 0 Å². The number of hydrogen-bond donors (Lipinski definition) is 0. The Hall–Kier alpha value is -0.343. The molecule has 1 fully saturated rings. The summed E-state index contributed by atoms with van der Waals surface area (Å²) in [6.07, 6.45) is 4.45. The summed E-state index contributed by atoms with van der Waals surface area (Å²) in [5.41, 5.74) is 4.27. The Balaban J connectivity index is 2.07. The van der Waals surface area contributed by atoms with E-state index in [1.165, 1.54) is 25.3 Å². The predicted molar refractivity (Wildman–Crippen MR) is 60.4 cm³/mol. The number of rotatable bonds is 7. The van der Waals surface area contributed by atoms with E-state index in [2.05, 4.69) is 31.1 Å². The highest BCUT2D eigenvalue weighted by atomic mass is 28.3. The smallest absolute Gasteiger partial charge is 0.0973 e. The Kier molecular flexibility index (Phi) is 3.94. The molecule has 1 rings (SSSR count). The first-order valence-corrected chi connectivity index (χ1v) is 7.95. The van der Waals surface area contributed by atoms with E-state index < -0.39 is 8.07 Å². The van der Waals surface area contributed by atoms with Crippen LogP contribution in [0.25, 0.3) is 0 Å². The number of unbranched alkanes of at least 4 members (excludes halogenated alkanes) is 1. The molecule has 0 aromatic heterocycles. The molecular formula is C11H20OSi. The summed E-state index contributed by atoms with van der Waals surface area (Å²) in [4.78, 5) is 0. The summed E-state index contributed by atoms with van der Waals surface area (Å²) in [5.74, 6) is 0. The maximum Gasteiger partial charge on any atom is 0.0973 e. The summed E-state index contributed by atoms with van der Waals surface area (Å²) < 4.78 is 5.16. The van der Waals surface area contributed by atoms with E-state index in [1.807, 2.05) is 0 Å². The molecule has 1 saturated heterocycles. The van der Waals surface area contributed by atoms with Crippen molar-refractivity contribution in [2.45, 2.75) is 38.0 Å². The Labute approximate surface area is 82.5 Å². The molecule has 0 saturated carbocycles. The maximum atomic E-state index is 5.16. The highest BCUT2D eigenvalue weighted by molar-refractivity contribution is 6.87. The third-order valence-electron chi connectivity index (χ3n) is 2.83. The molecular weight excluding hydrogens is 176 g/mol. The van der Waals surface area contributed by atoms with Crippen LogP contribution in [0, 0.1) is 0 Å². The van der Waals surface area contributed by atoms with Crippen LogP contribution >= 0.6 is 0 Å². The molecule has 2 heteroatoms. The van der Waals surface area contributed by atoms with Gasteiger partial charge in [0, 0.05) is 0 Å². The lowest BCUT2D eigenvalue weighted by Gasteiger charge is -2.17. The van der Waals surface area contributed by atoms with Gasteiger partial charge in [-0.25, -0.2) is 0 Å². The second-order valence-corrected chi connectivity index (χ2v) is 8.44. The first-order chi connectivity index (χ1) is 6.20. The SMILES string of the molecule is C=C[Si](C)(C=C)CCCCC1CO1. The predicted octanol–water partition coefficient (Wildman–Crippen LogP) is 3.08. The molecule has 1 aliphatic rings. The van der Waals surface area contributed by atoms with Gasteiger partial charge >= 0.3 is 0 Å². The number of ether oxygens (including phenoxy) is 1. The minimum atomic E-state index is -1.26. The molecule has 1 nitrogen and oxygen atoms in total. The maximum absolute atomic E-state index is 5.16. The molecule has 1 heterocycles. The highest BCUT2D eigenvalue weighted by Crippen LogP contribution is 2.21. The Morgan fingerprint density at radius 3 is 2.46 bits per heavy atom. The summed E-state index contributed by atoms with van der Waals surface area (Å²) in [5, 5.41) is 0. The number of hydrogen-bond acceptors (Lipinski definition) is 1. The van der Waals surface area contributed by atoms with Gasteiger partial charge < -0.3 is 4.74 Å². The highest BCUT2D eigenvalue weighted by Gasteiger charge is 2.22. The topological polar surface area (TPSA) is 12.5 Å². The lowest BCUT2D eigenvalue weighted by Crippen LogP contribution is -2.23. The van der Waals surface area contributed by atoms with Crippen molar-refractivity contribution in [3.8, 4) is 0 Å². The van der Waals surface area contributed by atoms with E-state index in [4.69, 9.17) is 4.74 Å². The molecule has 0 radical (unpaired) electrons. The van der Waals surface area contributed by atoms with Crippen molar-refractivity contribution in [1.82, 2.24) is 0 Å². The van der Waals surface area contributed by atoms with E-state index in [0.29, 0.717) is 6.10 Å². The van der Waals surface area contributed by atoms with Crippen molar-refractivity contribution in [1.29, 1.82) is 0 Å². The molecule has 0 aromatic carbocycles. The molecule has 13 heavy (non-hydrogen) atoms. The fraction of sp³-hybridized carbons (Fsp3) is 0.636. The van der Waals surface area contributed by atoms with Crippen molar-refractivity contribution in [3.05, 3.63) is 24.6 Å². The van der Waals surface area contributed by atoms with Gasteiger partial charge in [0.25, 0.3) is 0 Å². The average Bonchev–Trinajstić information content (AvgIpc) is 2.96. The minimum Gasteiger partial charge on any atom is -0.373 e. The first kappa shape index (κ1) is 10.7. The van der Waals surface area contributed by atoms with Gasteiger partial charge in [0.2, 0.25) is 0 Å². The van der Waals surface area contributed by atoms with Crippen molar-refractivity contribution in [2.75, 3.05) is 6.61 Å². The summed E-state index contributed by atoms with van der Waals surface area (Å²) in [6.45, 7) is 11.1. The minimum absolute atomic E-state index is 0.598. The monoisotopic (exact) mass is 196 g/mol. The molecule has 0 spiro atoms. The molecule has 0 bridgehead atoms. The lowest BCUT2D eigenvalue weighted by atomic mass is 10.2. The molecule has 1 atom stereocenters. The van der Waals surface area contributed by atoms with E-state index in [1.54, 1.807) is 0 Å². The van der Waals surface area contributed by atoms with Gasteiger partial charge in [-0.15, -0.1) is 13.2 Å². The number of epoxide rings is 1. The molecule has 1 aliphatic heterocycles. The van der Waals surface area contributed by atoms with Crippen LogP contribution < -0.4 is 0 Å². The van der Waals surface area contributed by atoms with Crippen molar-refractivity contribution in [2.24, 2.45) is 0 Å². The summed E-state index contributed by atoms with van der Waals surface area (Å²) in [6, 6.07) is 1.30. The van der Waals surface area contributed by atoms with Gasteiger partial charge in [0.1, 0.15) is 0 Å². The third-order valence-corrected chi connectivity index (χ3v) is 6.12. The van der Waals surface area contributed by atoms with Crippen LogP contribution in [0.1, 0.15) is 19.3 Å². The van der Waals surface area contributed by atoms with E-state index in [0.717, 1.165) is 6.61 Å². The summed E-state index contributed by atoms with van der Waals surface area (Å²) >= 11 is 0. The fourth-order valence-corrected chi connectivity index (χ4v) is 2.99. The molecule has 1 unspecified atom stereocenters. The quantitative estimate of drug-likeness (QED) is 0.346. The van der Waals surface area contributed by atoms with Gasteiger partial charge in [-0.2, -0.15) is 0 Å². The van der Waals surface area contributed by atoms with Crippen LogP contribution in [-0.4, -0.2) is 20.8 Å². The Morgan fingerprint density at radius 2 is 2.00 bits per heavy atom. The molecule has 0 N–H and O–H groups in total. The molecule has 0 aromatic rings. The van der Waals surface area contributed by atoms with Crippen molar-refractivity contribution >= 4 is 8.07 Å². The van der Waals surface area contributed by atoms with Gasteiger partial charge in [-0.3, -0.25) is 0 Å². The normalized spacial score (nSPS) is 21.2. The summed E-state index contributed by atoms with van der Waals surface area (Å²) in [7, 11) is -1.26. The first-order valence-electron chi connectivity index (χ1n) is 5.09. The van der Waals surface area contributed by atoms with Crippen LogP contribution in [0.2, 0.25) is 12.6 Å². The largest absolute Gasteiger partial charge is 0.373 e. The van der Waals surface area contributed by atoms with Gasteiger partial charge in [-0.1, -0.05) is 36.8 Å². The van der Waals surface area contributed by atoms with Crippen LogP contribution in [0.3, 0.4) is 0 Å². The van der Waals surface area contributed by atoms with Crippen LogP contribution in [-0.2, 0) is 4.74 Å². The van der Waals surface area contributed by atoms with Gasteiger partial charge in [0.05, 0.1) is 20.8 Å². The van der Waals surface area contributed by atoms with Crippen molar-refractivity contribution in [3.63, 3.8) is 0 Å². The molecule has 74 valence electrons. The second kappa shape index (κ2) is 4.77. The lowest BCUT2D eigenvalue weighted by molar-refractivity contribution is 0.391. The molecule has 0 amide bonds. The third kappa shape index (κ3) is 3.92. The van der Waals surface area contributed by atoms with Crippen molar-refractivity contribution < 1.29 is 4.74 Å². The van der Waals surface area contributed by atoms with Crippen LogP contribution in [0.15, 0.2) is 24.6 Å². The fourth-order valence-electron chi connectivity index (χ4n) is 1.40. The second-order valence-electron chi connectivity index (χ2n) is 4.12.